The lowest BCUT2D eigenvalue weighted by atomic mass is 10.0. The summed E-state index contributed by atoms with van der Waals surface area (Å²) < 4.78 is 11.4. The van der Waals surface area contributed by atoms with Gasteiger partial charge in [0.25, 0.3) is 0 Å². The predicted molar refractivity (Wildman–Crippen MR) is 86.4 cm³/mol. The van der Waals surface area contributed by atoms with Crippen molar-refractivity contribution in [2.75, 3.05) is 14.2 Å². The summed E-state index contributed by atoms with van der Waals surface area (Å²) in [6.07, 6.45) is 0. The molecular formula is C15H13BrCl2O2. The Balaban J connectivity index is 2.53. The van der Waals surface area contributed by atoms with Gasteiger partial charge in [-0.1, -0.05) is 29.8 Å². The molecule has 0 N–H and O–H groups in total. The van der Waals surface area contributed by atoms with E-state index in [1.54, 1.807) is 14.2 Å². The zero-order valence-corrected chi connectivity index (χ0v) is 14.1. The number of halogens is 3. The third-order valence-corrected chi connectivity index (χ3v) is 4.53. The summed E-state index contributed by atoms with van der Waals surface area (Å²) in [6, 6.07) is 11.2. The molecule has 2 nitrogen and oxygen atoms in total. The normalized spacial score (nSPS) is 12.1. The van der Waals surface area contributed by atoms with Gasteiger partial charge in [0.1, 0.15) is 16.0 Å². The van der Waals surface area contributed by atoms with E-state index < -0.39 is 5.38 Å². The Hall–Kier alpha value is -0.900. The van der Waals surface area contributed by atoms with Crippen molar-refractivity contribution in [2.45, 2.75) is 5.38 Å². The van der Waals surface area contributed by atoms with Gasteiger partial charge in [-0.2, -0.15) is 0 Å². The molecule has 0 saturated heterocycles. The first-order valence-electron chi connectivity index (χ1n) is 5.89. The van der Waals surface area contributed by atoms with Crippen LogP contribution in [0.2, 0.25) is 5.02 Å². The summed E-state index contributed by atoms with van der Waals surface area (Å²) in [5.74, 6) is 1.33. The SMILES string of the molecule is COc1ccc(C(Cl)c2ccccc2Cl)c(OC)c1Br. The molecule has 0 saturated carbocycles. The van der Waals surface area contributed by atoms with Gasteiger partial charge in [-0.3, -0.25) is 0 Å². The monoisotopic (exact) mass is 374 g/mol. The molecule has 0 aromatic heterocycles. The molecule has 2 rings (SSSR count). The third-order valence-electron chi connectivity index (χ3n) is 2.97. The lowest BCUT2D eigenvalue weighted by molar-refractivity contribution is 0.386. The Labute approximate surface area is 136 Å². The minimum Gasteiger partial charge on any atom is -0.495 e. The van der Waals surface area contributed by atoms with Gasteiger partial charge < -0.3 is 9.47 Å². The van der Waals surface area contributed by atoms with Crippen LogP contribution in [0.4, 0.5) is 0 Å². The molecule has 0 aliphatic rings. The molecule has 2 aromatic carbocycles. The van der Waals surface area contributed by atoms with Crippen LogP contribution in [-0.2, 0) is 0 Å². The third kappa shape index (κ3) is 2.90. The topological polar surface area (TPSA) is 18.5 Å². The standard InChI is InChI=1S/C15H13BrCl2O2/c1-19-12-8-7-10(15(20-2)13(12)16)14(18)9-5-3-4-6-11(9)17/h3-8,14H,1-2H3. The first kappa shape index (κ1) is 15.5. The number of benzene rings is 2. The zero-order chi connectivity index (χ0) is 14.7. The molecule has 106 valence electrons. The number of alkyl halides is 1. The fourth-order valence-electron chi connectivity index (χ4n) is 1.97. The summed E-state index contributed by atoms with van der Waals surface area (Å²) in [4.78, 5) is 0. The van der Waals surface area contributed by atoms with Gasteiger partial charge in [0, 0.05) is 10.6 Å². The highest BCUT2D eigenvalue weighted by Crippen LogP contribution is 2.44. The lowest BCUT2D eigenvalue weighted by Crippen LogP contribution is -2.00. The average molecular weight is 376 g/mol. The van der Waals surface area contributed by atoms with Crippen LogP contribution in [0, 0.1) is 0 Å². The van der Waals surface area contributed by atoms with E-state index in [9.17, 15) is 0 Å². The second-order valence-corrected chi connectivity index (χ2v) is 5.72. The number of ether oxygens (including phenoxy) is 2. The molecule has 0 aliphatic carbocycles. The number of hydrogen-bond donors (Lipinski definition) is 0. The van der Waals surface area contributed by atoms with Gasteiger partial charge >= 0.3 is 0 Å². The van der Waals surface area contributed by atoms with Crippen LogP contribution < -0.4 is 9.47 Å². The molecule has 1 unspecified atom stereocenters. The Kier molecular flexibility index (Phi) is 5.19. The van der Waals surface area contributed by atoms with E-state index >= 15 is 0 Å². The molecule has 20 heavy (non-hydrogen) atoms. The highest BCUT2D eigenvalue weighted by Gasteiger charge is 2.21. The van der Waals surface area contributed by atoms with Crippen molar-refractivity contribution in [3.8, 4) is 11.5 Å². The minimum atomic E-state index is -0.402. The molecule has 0 spiro atoms. The van der Waals surface area contributed by atoms with Crippen molar-refractivity contribution in [3.05, 3.63) is 57.0 Å². The smallest absolute Gasteiger partial charge is 0.141 e. The Morgan fingerprint density at radius 2 is 1.70 bits per heavy atom. The van der Waals surface area contributed by atoms with Crippen LogP contribution in [0.3, 0.4) is 0 Å². The largest absolute Gasteiger partial charge is 0.495 e. The highest BCUT2D eigenvalue weighted by atomic mass is 79.9. The van der Waals surface area contributed by atoms with Crippen LogP contribution in [-0.4, -0.2) is 14.2 Å². The van der Waals surface area contributed by atoms with Gasteiger partial charge in [0.15, 0.2) is 0 Å². The first-order chi connectivity index (χ1) is 9.60. The quantitative estimate of drug-likeness (QED) is 0.661. The summed E-state index contributed by atoms with van der Waals surface area (Å²) in [5, 5.41) is 0.224. The van der Waals surface area contributed by atoms with Crippen LogP contribution >= 0.6 is 39.1 Å². The molecular weight excluding hydrogens is 363 g/mol. The summed E-state index contributed by atoms with van der Waals surface area (Å²) in [6.45, 7) is 0. The van der Waals surface area contributed by atoms with Gasteiger partial charge in [-0.15, -0.1) is 11.6 Å². The second-order valence-electron chi connectivity index (χ2n) is 4.09. The molecule has 5 heteroatoms. The summed E-state index contributed by atoms with van der Waals surface area (Å²) >= 11 is 16.2. The van der Waals surface area contributed by atoms with Gasteiger partial charge in [0.2, 0.25) is 0 Å². The van der Waals surface area contributed by atoms with E-state index in [0.29, 0.717) is 16.5 Å². The number of rotatable bonds is 4. The van der Waals surface area contributed by atoms with Gasteiger partial charge in [-0.05, 0) is 39.7 Å². The van der Waals surface area contributed by atoms with Crippen molar-refractivity contribution in [1.82, 2.24) is 0 Å². The van der Waals surface area contributed by atoms with E-state index in [2.05, 4.69) is 15.9 Å². The maximum absolute atomic E-state index is 6.56. The van der Waals surface area contributed by atoms with Gasteiger partial charge in [0.05, 0.1) is 19.6 Å². The van der Waals surface area contributed by atoms with Crippen molar-refractivity contribution >= 4 is 39.1 Å². The molecule has 0 fully saturated rings. The number of methoxy groups -OCH3 is 2. The van der Waals surface area contributed by atoms with E-state index in [4.69, 9.17) is 32.7 Å². The Morgan fingerprint density at radius 3 is 2.30 bits per heavy atom. The Morgan fingerprint density at radius 1 is 1.00 bits per heavy atom. The van der Waals surface area contributed by atoms with E-state index in [-0.39, 0.29) is 0 Å². The van der Waals surface area contributed by atoms with E-state index in [0.717, 1.165) is 15.6 Å². The maximum atomic E-state index is 6.56. The van der Waals surface area contributed by atoms with E-state index in [1.165, 1.54) is 0 Å². The first-order valence-corrected chi connectivity index (χ1v) is 7.49. The Bertz CT molecular complexity index is 617. The van der Waals surface area contributed by atoms with Crippen LogP contribution in [0.15, 0.2) is 40.9 Å². The van der Waals surface area contributed by atoms with Crippen molar-refractivity contribution < 1.29 is 9.47 Å². The zero-order valence-electron chi connectivity index (χ0n) is 11.0. The molecule has 1 atom stereocenters. The highest BCUT2D eigenvalue weighted by molar-refractivity contribution is 9.10. The lowest BCUT2D eigenvalue weighted by Gasteiger charge is -2.18. The fraction of sp³-hybridized carbons (Fsp3) is 0.200. The van der Waals surface area contributed by atoms with Crippen molar-refractivity contribution in [3.63, 3.8) is 0 Å². The minimum absolute atomic E-state index is 0.402. The van der Waals surface area contributed by atoms with Crippen molar-refractivity contribution in [1.29, 1.82) is 0 Å². The fourth-order valence-corrected chi connectivity index (χ4v) is 3.31. The molecule has 2 aromatic rings. The van der Waals surface area contributed by atoms with Gasteiger partial charge in [-0.25, -0.2) is 0 Å². The van der Waals surface area contributed by atoms with Crippen LogP contribution in [0.25, 0.3) is 0 Å². The molecule has 0 heterocycles. The predicted octanol–water partition coefficient (Wildman–Crippen LogP) is 5.45. The molecule has 0 radical (unpaired) electrons. The van der Waals surface area contributed by atoms with E-state index in [1.807, 2.05) is 36.4 Å². The van der Waals surface area contributed by atoms with Crippen molar-refractivity contribution in [2.24, 2.45) is 0 Å². The van der Waals surface area contributed by atoms with Crippen LogP contribution in [0.5, 0.6) is 11.5 Å². The molecule has 0 amide bonds. The second kappa shape index (κ2) is 6.70. The van der Waals surface area contributed by atoms with Crippen LogP contribution in [0.1, 0.15) is 16.5 Å². The molecule has 0 aliphatic heterocycles. The summed E-state index contributed by atoms with van der Waals surface area (Å²) in [7, 11) is 3.20. The maximum Gasteiger partial charge on any atom is 0.141 e. The summed E-state index contributed by atoms with van der Waals surface area (Å²) in [5.41, 5.74) is 1.67. The number of hydrogen-bond acceptors (Lipinski definition) is 2. The average Bonchev–Trinajstić information content (AvgIpc) is 2.46. The molecule has 0 bridgehead atoms.